The van der Waals surface area contributed by atoms with E-state index in [1.165, 1.54) is 11.1 Å². The first-order chi connectivity index (χ1) is 7.38. The lowest BCUT2D eigenvalue weighted by molar-refractivity contribution is 0.184. The predicted octanol–water partition coefficient (Wildman–Crippen LogP) is 1.95. The maximum Gasteiger partial charge on any atom is 0.0716 e. The Hall–Kier alpha value is -1.30. The van der Waals surface area contributed by atoms with Gasteiger partial charge in [-0.2, -0.15) is 0 Å². The van der Waals surface area contributed by atoms with Crippen molar-refractivity contribution >= 4 is 0 Å². The summed E-state index contributed by atoms with van der Waals surface area (Å²) in [6, 6.07) is 8.26. The highest BCUT2D eigenvalue weighted by molar-refractivity contribution is 5.26. The zero-order valence-corrected chi connectivity index (χ0v) is 9.12. The van der Waals surface area contributed by atoms with Crippen LogP contribution in [0.25, 0.3) is 0 Å². The van der Waals surface area contributed by atoms with Crippen LogP contribution in [0.1, 0.15) is 17.5 Å². The molecule has 0 aromatic heterocycles. The Morgan fingerprint density at radius 1 is 1.33 bits per heavy atom. The molecule has 2 nitrogen and oxygen atoms in total. The summed E-state index contributed by atoms with van der Waals surface area (Å²) in [5, 5.41) is 3.30. The van der Waals surface area contributed by atoms with Crippen LogP contribution in [0.15, 0.2) is 24.3 Å². The summed E-state index contributed by atoms with van der Waals surface area (Å²) in [6.45, 7) is 2.37. The molecule has 0 heterocycles. The van der Waals surface area contributed by atoms with E-state index in [2.05, 4.69) is 23.4 Å². The number of nitrogens with one attached hydrogen (secondary N) is 1. The van der Waals surface area contributed by atoms with Gasteiger partial charge in [0.25, 0.3) is 0 Å². The van der Waals surface area contributed by atoms with Gasteiger partial charge in [-0.15, -0.1) is 12.3 Å². The third-order valence-corrected chi connectivity index (χ3v) is 2.18. The summed E-state index contributed by atoms with van der Waals surface area (Å²) in [4.78, 5) is 0. The van der Waals surface area contributed by atoms with Crippen LogP contribution in [-0.2, 0) is 17.9 Å². The Balaban J connectivity index is 2.48. The van der Waals surface area contributed by atoms with Crippen LogP contribution >= 0.6 is 0 Å². The number of rotatable bonds is 6. The average Bonchev–Trinajstić information content (AvgIpc) is 2.27. The summed E-state index contributed by atoms with van der Waals surface area (Å²) in [7, 11) is 1.71. The number of methoxy groups -OCH3 is 1. The predicted molar refractivity (Wildman–Crippen MR) is 62.3 cm³/mol. The third kappa shape index (κ3) is 4.16. The van der Waals surface area contributed by atoms with Crippen LogP contribution in [0.2, 0.25) is 0 Å². The van der Waals surface area contributed by atoms with Gasteiger partial charge in [-0.25, -0.2) is 0 Å². The monoisotopic (exact) mass is 203 g/mol. The fourth-order valence-electron chi connectivity index (χ4n) is 1.41. The first-order valence-corrected chi connectivity index (χ1v) is 5.08. The van der Waals surface area contributed by atoms with Gasteiger partial charge in [0.1, 0.15) is 0 Å². The Kier molecular flexibility index (Phi) is 5.54. The van der Waals surface area contributed by atoms with Crippen molar-refractivity contribution in [3.63, 3.8) is 0 Å². The van der Waals surface area contributed by atoms with Gasteiger partial charge >= 0.3 is 0 Å². The molecule has 0 aliphatic rings. The number of benzene rings is 1. The maximum absolute atomic E-state index is 5.18. The van der Waals surface area contributed by atoms with Crippen molar-refractivity contribution in [1.29, 1.82) is 0 Å². The van der Waals surface area contributed by atoms with Crippen molar-refractivity contribution in [3.8, 4) is 12.3 Å². The van der Waals surface area contributed by atoms with E-state index in [0.29, 0.717) is 6.61 Å². The minimum atomic E-state index is 0.660. The molecule has 1 aromatic carbocycles. The molecule has 0 aliphatic carbocycles. The van der Waals surface area contributed by atoms with Crippen LogP contribution in [-0.4, -0.2) is 13.7 Å². The molecule has 0 amide bonds. The van der Waals surface area contributed by atoms with Crippen LogP contribution in [0.4, 0.5) is 0 Å². The Labute approximate surface area is 91.6 Å². The van der Waals surface area contributed by atoms with Crippen molar-refractivity contribution in [3.05, 3.63) is 35.4 Å². The largest absolute Gasteiger partial charge is 0.380 e. The highest BCUT2D eigenvalue weighted by atomic mass is 16.5. The second-order valence-electron chi connectivity index (χ2n) is 3.33. The average molecular weight is 203 g/mol. The lowest BCUT2D eigenvalue weighted by Gasteiger charge is -2.08. The molecule has 1 N–H and O–H groups in total. The van der Waals surface area contributed by atoms with Gasteiger partial charge in [0.05, 0.1) is 6.61 Å². The molecule has 1 rings (SSSR count). The summed E-state index contributed by atoms with van der Waals surface area (Å²) in [5.41, 5.74) is 2.50. The quantitative estimate of drug-likeness (QED) is 0.563. The molecule has 0 saturated carbocycles. The second-order valence-corrected chi connectivity index (χ2v) is 3.33. The highest BCUT2D eigenvalue weighted by Crippen LogP contribution is 2.09. The SMILES string of the molecule is C#CCCNCc1ccccc1COC. The van der Waals surface area contributed by atoms with Gasteiger partial charge in [0, 0.05) is 26.6 Å². The molecule has 0 bridgehead atoms. The van der Waals surface area contributed by atoms with Crippen LogP contribution < -0.4 is 5.32 Å². The van der Waals surface area contributed by atoms with E-state index in [0.717, 1.165) is 19.5 Å². The second kappa shape index (κ2) is 7.05. The van der Waals surface area contributed by atoms with E-state index in [1.807, 2.05) is 12.1 Å². The summed E-state index contributed by atoms with van der Waals surface area (Å²) >= 11 is 0. The lowest BCUT2D eigenvalue weighted by atomic mass is 10.1. The van der Waals surface area contributed by atoms with Crippen LogP contribution in [0, 0.1) is 12.3 Å². The topological polar surface area (TPSA) is 21.3 Å². The lowest BCUT2D eigenvalue weighted by Crippen LogP contribution is -2.15. The number of hydrogen-bond donors (Lipinski definition) is 1. The number of terminal acetylenes is 1. The van der Waals surface area contributed by atoms with Crippen molar-refractivity contribution in [2.24, 2.45) is 0 Å². The van der Waals surface area contributed by atoms with E-state index < -0.39 is 0 Å². The van der Waals surface area contributed by atoms with Gasteiger partial charge in [-0.3, -0.25) is 0 Å². The van der Waals surface area contributed by atoms with Gasteiger partial charge in [-0.05, 0) is 11.1 Å². The zero-order valence-electron chi connectivity index (χ0n) is 9.12. The minimum absolute atomic E-state index is 0.660. The van der Waals surface area contributed by atoms with Crippen LogP contribution in [0.3, 0.4) is 0 Å². The molecule has 15 heavy (non-hydrogen) atoms. The molecule has 80 valence electrons. The normalized spacial score (nSPS) is 9.87. The third-order valence-electron chi connectivity index (χ3n) is 2.18. The molecular weight excluding hydrogens is 186 g/mol. The summed E-state index contributed by atoms with van der Waals surface area (Å²) < 4.78 is 5.14. The molecule has 0 radical (unpaired) electrons. The molecule has 0 fully saturated rings. The summed E-state index contributed by atoms with van der Waals surface area (Å²) in [6.07, 6.45) is 5.95. The smallest absolute Gasteiger partial charge is 0.0716 e. The first kappa shape index (κ1) is 11.8. The Morgan fingerprint density at radius 3 is 2.73 bits per heavy atom. The van der Waals surface area contributed by atoms with Gasteiger partial charge in [0.2, 0.25) is 0 Å². The van der Waals surface area contributed by atoms with Crippen molar-refractivity contribution in [2.45, 2.75) is 19.6 Å². The van der Waals surface area contributed by atoms with Gasteiger partial charge in [0.15, 0.2) is 0 Å². The van der Waals surface area contributed by atoms with Crippen molar-refractivity contribution in [1.82, 2.24) is 5.32 Å². The van der Waals surface area contributed by atoms with Gasteiger partial charge < -0.3 is 10.1 Å². The number of hydrogen-bond acceptors (Lipinski definition) is 2. The van der Waals surface area contributed by atoms with Crippen LogP contribution in [0.5, 0.6) is 0 Å². The fraction of sp³-hybridized carbons (Fsp3) is 0.385. The van der Waals surface area contributed by atoms with E-state index in [-0.39, 0.29) is 0 Å². The standard InChI is InChI=1S/C13H17NO/c1-3-4-9-14-10-12-7-5-6-8-13(12)11-15-2/h1,5-8,14H,4,9-11H2,2H3. The fourth-order valence-corrected chi connectivity index (χ4v) is 1.41. The van der Waals surface area contributed by atoms with Crippen molar-refractivity contribution < 1.29 is 4.74 Å². The zero-order chi connectivity index (χ0) is 10.9. The molecule has 0 saturated heterocycles. The Bertz CT molecular complexity index is 328. The molecule has 2 heteroatoms. The van der Waals surface area contributed by atoms with E-state index in [9.17, 15) is 0 Å². The maximum atomic E-state index is 5.18. The highest BCUT2D eigenvalue weighted by Gasteiger charge is 1.99. The Morgan fingerprint density at radius 2 is 2.07 bits per heavy atom. The molecule has 0 aliphatic heterocycles. The first-order valence-electron chi connectivity index (χ1n) is 5.08. The number of ether oxygens (including phenoxy) is 1. The summed E-state index contributed by atoms with van der Waals surface area (Å²) in [5.74, 6) is 2.61. The molecule has 0 unspecified atom stereocenters. The van der Waals surface area contributed by atoms with Crippen molar-refractivity contribution in [2.75, 3.05) is 13.7 Å². The van der Waals surface area contributed by atoms with E-state index in [1.54, 1.807) is 7.11 Å². The van der Waals surface area contributed by atoms with E-state index in [4.69, 9.17) is 11.2 Å². The molecular formula is C13H17NO. The minimum Gasteiger partial charge on any atom is -0.380 e. The molecule has 0 atom stereocenters. The molecule has 0 spiro atoms. The molecule has 1 aromatic rings. The van der Waals surface area contributed by atoms with E-state index >= 15 is 0 Å². The van der Waals surface area contributed by atoms with Gasteiger partial charge in [-0.1, -0.05) is 24.3 Å².